The van der Waals surface area contributed by atoms with Crippen molar-refractivity contribution in [3.05, 3.63) is 17.3 Å². The second-order valence-electron chi connectivity index (χ2n) is 2.86. The minimum atomic E-state index is -1.05. The van der Waals surface area contributed by atoms with Crippen LogP contribution in [-0.4, -0.2) is 22.6 Å². The molecule has 1 aromatic heterocycles. The topological polar surface area (TPSA) is 39.2 Å². The Balaban J connectivity index is 3.35. The second-order valence-corrected chi connectivity index (χ2v) is 4.15. The third kappa shape index (κ3) is 1.88. The lowest BCUT2D eigenvalue weighted by Crippen LogP contribution is -2.00. The maximum absolute atomic E-state index is 11.2. The molecule has 1 heterocycles. The van der Waals surface area contributed by atoms with Crippen LogP contribution < -0.4 is 4.74 Å². The summed E-state index contributed by atoms with van der Waals surface area (Å²) in [6.45, 7) is 3.79. The summed E-state index contributed by atoms with van der Waals surface area (Å²) in [6.07, 6.45) is 3.30. The second kappa shape index (κ2) is 3.87. The van der Waals surface area contributed by atoms with Gasteiger partial charge in [-0.15, -0.1) is 0 Å². The Morgan fingerprint density at radius 3 is 2.54 bits per heavy atom. The lowest BCUT2D eigenvalue weighted by atomic mass is 10.2. The molecule has 0 aliphatic heterocycles. The molecule has 3 nitrogen and oxygen atoms in total. The molecule has 0 N–H and O–H groups in total. The number of aromatic nitrogens is 1. The minimum Gasteiger partial charge on any atom is -0.496 e. The van der Waals surface area contributed by atoms with Crippen molar-refractivity contribution in [1.82, 2.24) is 4.98 Å². The van der Waals surface area contributed by atoms with Crippen molar-refractivity contribution >= 4 is 10.8 Å². The van der Waals surface area contributed by atoms with Crippen LogP contribution in [0.25, 0.3) is 0 Å². The highest BCUT2D eigenvalue weighted by Crippen LogP contribution is 2.25. The number of rotatable bonds is 2. The number of methoxy groups -OCH3 is 1. The molecule has 72 valence electrons. The van der Waals surface area contributed by atoms with Crippen LogP contribution in [0.15, 0.2) is 11.2 Å². The SMILES string of the molecule is COc1c(C)cnc(S(C)=O)c1C. The van der Waals surface area contributed by atoms with E-state index in [-0.39, 0.29) is 0 Å². The fourth-order valence-electron chi connectivity index (χ4n) is 1.31. The van der Waals surface area contributed by atoms with E-state index in [9.17, 15) is 4.21 Å². The van der Waals surface area contributed by atoms with Gasteiger partial charge in [0.1, 0.15) is 10.8 Å². The van der Waals surface area contributed by atoms with Crippen molar-refractivity contribution < 1.29 is 8.95 Å². The summed E-state index contributed by atoms with van der Waals surface area (Å²) in [4.78, 5) is 4.11. The maximum Gasteiger partial charge on any atom is 0.133 e. The van der Waals surface area contributed by atoms with Crippen LogP contribution in [0.2, 0.25) is 0 Å². The first-order chi connectivity index (χ1) is 6.07. The van der Waals surface area contributed by atoms with Crippen LogP contribution in [0.5, 0.6) is 5.75 Å². The van der Waals surface area contributed by atoms with Crippen LogP contribution in [0, 0.1) is 13.8 Å². The maximum atomic E-state index is 11.2. The fraction of sp³-hybridized carbons (Fsp3) is 0.444. The van der Waals surface area contributed by atoms with Crippen LogP contribution in [0.4, 0.5) is 0 Å². The zero-order valence-electron chi connectivity index (χ0n) is 8.25. The van der Waals surface area contributed by atoms with Gasteiger partial charge < -0.3 is 4.74 Å². The molecule has 0 amide bonds. The molecular formula is C9H13NO2S. The lowest BCUT2D eigenvalue weighted by Gasteiger charge is -2.09. The molecule has 0 fully saturated rings. The molecule has 0 aliphatic rings. The molecule has 0 spiro atoms. The average Bonchev–Trinajstić information content (AvgIpc) is 2.04. The molecule has 4 heteroatoms. The molecule has 0 aromatic carbocycles. The fourth-order valence-corrected chi connectivity index (χ4v) is 2.03. The van der Waals surface area contributed by atoms with Crippen molar-refractivity contribution in [3.63, 3.8) is 0 Å². The van der Waals surface area contributed by atoms with Gasteiger partial charge >= 0.3 is 0 Å². The van der Waals surface area contributed by atoms with E-state index in [1.165, 1.54) is 0 Å². The molecular weight excluding hydrogens is 186 g/mol. The van der Waals surface area contributed by atoms with Gasteiger partial charge in [0.25, 0.3) is 0 Å². The Hall–Kier alpha value is -0.900. The van der Waals surface area contributed by atoms with Crippen molar-refractivity contribution in [2.75, 3.05) is 13.4 Å². The molecule has 0 bridgehead atoms. The van der Waals surface area contributed by atoms with Crippen LogP contribution in [0.3, 0.4) is 0 Å². The number of hydrogen-bond donors (Lipinski definition) is 0. The smallest absolute Gasteiger partial charge is 0.133 e. The Labute approximate surface area is 80.6 Å². The van der Waals surface area contributed by atoms with Crippen molar-refractivity contribution in [2.45, 2.75) is 18.9 Å². The Morgan fingerprint density at radius 1 is 1.46 bits per heavy atom. The summed E-state index contributed by atoms with van der Waals surface area (Å²) >= 11 is 0. The first kappa shape index (κ1) is 10.2. The van der Waals surface area contributed by atoms with E-state index in [1.807, 2.05) is 13.8 Å². The van der Waals surface area contributed by atoms with Gasteiger partial charge in [0.05, 0.1) is 17.9 Å². The lowest BCUT2D eigenvalue weighted by molar-refractivity contribution is 0.405. The van der Waals surface area contributed by atoms with Crippen molar-refractivity contribution in [1.29, 1.82) is 0 Å². The molecule has 0 saturated carbocycles. The van der Waals surface area contributed by atoms with E-state index in [0.29, 0.717) is 5.03 Å². The molecule has 1 unspecified atom stereocenters. The molecule has 13 heavy (non-hydrogen) atoms. The highest BCUT2D eigenvalue weighted by atomic mass is 32.2. The summed E-state index contributed by atoms with van der Waals surface area (Å²) in [7, 11) is 0.557. The van der Waals surface area contributed by atoms with E-state index in [0.717, 1.165) is 16.9 Å². The largest absolute Gasteiger partial charge is 0.496 e. The zero-order chi connectivity index (χ0) is 10.0. The predicted octanol–water partition coefficient (Wildman–Crippen LogP) is 1.44. The van der Waals surface area contributed by atoms with Gasteiger partial charge in [-0.1, -0.05) is 0 Å². The van der Waals surface area contributed by atoms with Gasteiger partial charge in [-0.2, -0.15) is 0 Å². The highest BCUT2D eigenvalue weighted by Gasteiger charge is 2.11. The molecule has 1 aromatic rings. The molecule has 1 atom stereocenters. The number of hydrogen-bond acceptors (Lipinski definition) is 3. The first-order valence-corrected chi connectivity index (χ1v) is 5.47. The van der Waals surface area contributed by atoms with Gasteiger partial charge in [-0.3, -0.25) is 4.21 Å². The summed E-state index contributed by atoms with van der Waals surface area (Å²) < 4.78 is 16.4. The molecule has 1 rings (SSSR count). The van der Waals surface area contributed by atoms with Gasteiger partial charge in [0.15, 0.2) is 0 Å². The number of aryl methyl sites for hydroxylation is 1. The number of pyridine rings is 1. The van der Waals surface area contributed by atoms with E-state index in [4.69, 9.17) is 4.74 Å². The third-order valence-corrected chi connectivity index (χ3v) is 2.83. The quantitative estimate of drug-likeness (QED) is 0.723. The Kier molecular flexibility index (Phi) is 3.03. The van der Waals surface area contributed by atoms with E-state index in [2.05, 4.69) is 4.98 Å². The first-order valence-electron chi connectivity index (χ1n) is 3.91. The van der Waals surface area contributed by atoms with E-state index in [1.54, 1.807) is 19.6 Å². The summed E-state index contributed by atoms with van der Waals surface area (Å²) in [5.41, 5.74) is 1.83. The third-order valence-electron chi connectivity index (χ3n) is 1.87. The Bertz CT molecular complexity index is 350. The Morgan fingerprint density at radius 2 is 2.08 bits per heavy atom. The van der Waals surface area contributed by atoms with E-state index < -0.39 is 10.8 Å². The highest BCUT2D eigenvalue weighted by molar-refractivity contribution is 7.84. The van der Waals surface area contributed by atoms with Gasteiger partial charge in [0.2, 0.25) is 0 Å². The van der Waals surface area contributed by atoms with Crippen molar-refractivity contribution in [3.8, 4) is 5.75 Å². The van der Waals surface area contributed by atoms with Gasteiger partial charge in [0, 0.05) is 23.6 Å². The zero-order valence-corrected chi connectivity index (χ0v) is 9.07. The minimum absolute atomic E-state index is 0.599. The standard InChI is InChI=1S/C9H13NO2S/c1-6-5-10-9(13(4)11)7(2)8(6)12-3/h5H,1-4H3. The molecule has 0 aliphatic carbocycles. The van der Waals surface area contributed by atoms with Crippen LogP contribution in [0.1, 0.15) is 11.1 Å². The summed E-state index contributed by atoms with van der Waals surface area (Å²) in [5.74, 6) is 0.778. The monoisotopic (exact) mass is 199 g/mol. The molecule has 0 radical (unpaired) electrons. The number of nitrogens with zero attached hydrogens (tertiary/aromatic N) is 1. The predicted molar refractivity (Wildman–Crippen MR) is 52.6 cm³/mol. The normalized spacial score (nSPS) is 12.6. The average molecular weight is 199 g/mol. The summed E-state index contributed by atoms with van der Waals surface area (Å²) in [6, 6.07) is 0. The van der Waals surface area contributed by atoms with Crippen LogP contribution in [-0.2, 0) is 10.8 Å². The van der Waals surface area contributed by atoms with Crippen molar-refractivity contribution in [2.24, 2.45) is 0 Å². The van der Waals surface area contributed by atoms with E-state index >= 15 is 0 Å². The molecule has 0 saturated heterocycles. The van der Waals surface area contributed by atoms with Crippen LogP contribution >= 0.6 is 0 Å². The summed E-state index contributed by atoms with van der Waals surface area (Å²) in [5, 5.41) is 0.599. The van der Waals surface area contributed by atoms with Gasteiger partial charge in [-0.05, 0) is 13.8 Å². The van der Waals surface area contributed by atoms with Gasteiger partial charge in [-0.25, -0.2) is 4.98 Å². The number of ether oxygens (including phenoxy) is 1.